The summed E-state index contributed by atoms with van der Waals surface area (Å²) in [6, 6.07) is 0. The summed E-state index contributed by atoms with van der Waals surface area (Å²) in [5.41, 5.74) is 2.44. The Balaban J connectivity index is 2.97. The van der Waals surface area contributed by atoms with E-state index < -0.39 is 0 Å². The Kier molecular flexibility index (Phi) is 5.15. The van der Waals surface area contributed by atoms with Crippen molar-refractivity contribution in [3.63, 3.8) is 0 Å². The standard InChI is InChI=1S/C5H12N2O2/c1-9-5(8)3-2-4-7-6/h7H,2-4,6H2,1H3. The molecule has 0 heterocycles. The zero-order valence-corrected chi connectivity index (χ0v) is 5.52. The van der Waals surface area contributed by atoms with Gasteiger partial charge in [-0.25, -0.2) is 0 Å². The number of rotatable bonds is 4. The molecule has 0 amide bonds. The molecule has 0 fully saturated rings. The van der Waals surface area contributed by atoms with Crippen LogP contribution in [0.3, 0.4) is 0 Å². The molecule has 0 atom stereocenters. The van der Waals surface area contributed by atoms with Crippen molar-refractivity contribution in [2.75, 3.05) is 13.7 Å². The van der Waals surface area contributed by atoms with E-state index in [1.54, 1.807) is 0 Å². The molecule has 0 bridgehead atoms. The second kappa shape index (κ2) is 5.53. The zero-order chi connectivity index (χ0) is 7.11. The van der Waals surface area contributed by atoms with Gasteiger partial charge in [-0.05, 0) is 6.42 Å². The number of methoxy groups -OCH3 is 1. The number of hydrazine groups is 1. The molecule has 0 spiro atoms. The second-order valence-corrected chi connectivity index (χ2v) is 1.63. The molecule has 0 aliphatic carbocycles. The first-order chi connectivity index (χ1) is 4.31. The Bertz CT molecular complexity index is 85.0. The van der Waals surface area contributed by atoms with Crippen LogP contribution in [0, 0.1) is 0 Å². The van der Waals surface area contributed by atoms with Gasteiger partial charge in [0.2, 0.25) is 0 Å². The van der Waals surface area contributed by atoms with E-state index in [0.29, 0.717) is 13.0 Å². The molecule has 0 aliphatic rings. The Labute approximate surface area is 54.3 Å². The Morgan fingerprint density at radius 3 is 2.89 bits per heavy atom. The highest BCUT2D eigenvalue weighted by molar-refractivity contribution is 5.68. The first kappa shape index (κ1) is 8.39. The molecular weight excluding hydrogens is 120 g/mol. The lowest BCUT2D eigenvalue weighted by Crippen LogP contribution is -2.23. The molecule has 0 saturated carbocycles. The van der Waals surface area contributed by atoms with Crippen molar-refractivity contribution < 1.29 is 9.53 Å². The lowest BCUT2D eigenvalue weighted by molar-refractivity contribution is -0.140. The molecule has 4 heteroatoms. The van der Waals surface area contributed by atoms with Gasteiger partial charge >= 0.3 is 5.97 Å². The van der Waals surface area contributed by atoms with Gasteiger partial charge in [-0.3, -0.25) is 16.1 Å². The summed E-state index contributed by atoms with van der Waals surface area (Å²) < 4.78 is 4.39. The summed E-state index contributed by atoms with van der Waals surface area (Å²) in [7, 11) is 1.37. The van der Waals surface area contributed by atoms with E-state index in [1.807, 2.05) is 0 Å². The van der Waals surface area contributed by atoms with Crippen molar-refractivity contribution in [3.8, 4) is 0 Å². The third-order valence-electron chi connectivity index (χ3n) is 0.930. The predicted molar refractivity (Wildman–Crippen MR) is 33.4 cm³/mol. The van der Waals surface area contributed by atoms with Crippen molar-refractivity contribution in [2.24, 2.45) is 5.84 Å². The summed E-state index contributed by atoms with van der Waals surface area (Å²) >= 11 is 0. The predicted octanol–water partition coefficient (Wildman–Crippen LogP) is -0.597. The Morgan fingerprint density at radius 1 is 1.78 bits per heavy atom. The second-order valence-electron chi connectivity index (χ2n) is 1.63. The van der Waals surface area contributed by atoms with Crippen LogP contribution in [0.15, 0.2) is 0 Å². The quantitative estimate of drug-likeness (QED) is 0.232. The number of ether oxygens (including phenoxy) is 1. The zero-order valence-electron chi connectivity index (χ0n) is 5.52. The lowest BCUT2D eigenvalue weighted by Gasteiger charge is -1.96. The van der Waals surface area contributed by atoms with Crippen LogP contribution in [0.1, 0.15) is 12.8 Å². The van der Waals surface area contributed by atoms with E-state index in [2.05, 4.69) is 10.2 Å². The van der Waals surface area contributed by atoms with Gasteiger partial charge in [0.15, 0.2) is 0 Å². The van der Waals surface area contributed by atoms with E-state index in [1.165, 1.54) is 7.11 Å². The van der Waals surface area contributed by atoms with Gasteiger partial charge in [0.05, 0.1) is 7.11 Å². The van der Waals surface area contributed by atoms with E-state index in [9.17, 15) is 4.79 Å². The highest BCUT2D eigenvalue weighted by Crippen LogP contribution is 1.87. The summed E-state index contributed by atoms with van der Waals surface area (Å²) in [6.45, 7) is 0.648. The Hall–Kier alpha value is -0.610. The molecule has 4 nitrogen and oxygen atoms in total. The van der Waals surface area contributed by atoms with Gasteiger partial charge in [0, 0.05) is 13.0 Å². The molecule has 0 aromatic heterocycles. The van der Waals surface area contributed by atoms with Gasteiger partial charge in [0.25, 0.3) is 0 Å². The van der Waals surface area contributed by atoms with Crippen molar-refractivity contribution in [3.05, 3.63) is 0 Å². The minimum atomic E-state index is -0.190. The topological polar surface area (TPSA) is 64.3 Å². The number of carbonyl (C=O) groups excluding carboxylic acids is 1. The van der Waals surface area contributed by atoms with Crippen molar-refractivity contribution in [2.45, 2.75) is 12.8 Å². The van der Waals surface area contributed by atoms with Crippen LogP contribution in [-0.2, 0) is 9.53 Å². The molecule has 0 radical (unpaired) electrons. The maximum absolute atomic E-state index is 10.4. The van der Waals surface area contributed by atoms with Crippen LogP contribution >= 0.6 is 0 Å². The van der Waals surface area contributed by atoms with Crippen LogP contribution < -0.4 is 11.3 Å². The van der Waals surface area contributed by atoms with E-state index in [-0.39, 0.29) is 5.97 Å². The SMILES string of the molecule is COC(=O)CCCNN. The number of carbonyl (C=O) groups is 1. The molecule has 0 aromatic rings. The van der Waals surface area contributed by atoms with Gasteiger partial charge in [-0.1, -0.05) is 0 Å². The van der Waals surface area contributed by atoms with Crippen molar-refractivity contribution in [1.29, 1.82) is 0 Å². The van der Waals surface area contributed by atoms with Gasteiger partial charge in [0.1, 0.15) is 0 Å². The largest absolute Gasteiger partial charge is 0.469 e. The maximum atomic E-state index is 10.4. The maximum Gasteiger partial charge on any atom is 0.305 e. The molecule has 0 aromatic carbocycles. The van der Waals surface area contributed by atoms with Crippen molar-refractivity contribution >= 4 is 5.97 Å². The molecule has 0 rings (SSSR count). The number of hydrogen-bond acceptors (Lipinski definition) is 4. The van der Waals surface area contributed by atoms with E-state index >= 15 is 0 Å². The number of nitrogens with two attached hydrogens (primary N) is 1. The monoisotopic (exact) mass is 132 g/mol. The smallest absolute Gasteiger partial charge is 0.305 e. The average molecular weight is 132 g/mol. The third kappa shape index (κ3) is 5.26. The minimum absolute atomic E-state index is 0.190. The van der Waals surface area contributed by atoms with Gasteiger partial charge < -0.3 is 4.74 Å². The summed E-state index contributed by atoms with van der Waals surface area (Å²) in [5, 5.41) is 0. The van der Waals surface area contributed by atoms with Gasteiger partial charge in [-0.15, -0.1) is 0 Å². The fourth-order valence-electron chi connectivity index (χ4n) is 0.437. The van der Waals surface area contributed by atoms with Crippen LogP contribution in [-0.4, -0.2) is 19.6 Å². The van der Waals surface area contributed by atoms with E-state index in [0.717, 1.165) is 6.42 Å². The molecule has 0 aliphatic heterocycles. The van der Waals surface area contributed by atoms with Crippen LogP contribution in [0.25, 0.3) is 0 Å². The third-order valence-corrected chi connectivity index (χ3v) is 0.930. The minimum Gasteiger partial charge on any atom is -0.469 e. The van der Waals surface area contributed by atoms with Crippen LogP contribution in [0.4, 0.5) is 0 Å². The molecule has 0 saturated heterocycles. The Morgan fingerprint density at radius 2 is 2.44 bits per heavy atom. The number of nitrogens with one attached hydrogen (secondary N) is 1. The molecule has 0 unspecified atom stereocenters. The molecule has 9 heavy (non-hydrogen) atoms. The van der Waals surface area contributed by atoms with Crippen LogP contribution in [0.5, 0.6) is 0 Å². The fourth-order valence-corrected chi connectivity index (χ4v) is 0.437. The highest BCUT2D eigenvalue weighted by atomic mass is 16.5. The fraction of sp³-hybridized carbons (Fsp3) is 0.800. The summed E-state index contributed by atoms with van der Waals surface area (Å²) in [4.78, 5) is 10.4. The van der Waals surface area contributed by atoms with Crippen LogP contribution in [0.2, 0.25) is 0 Å². The normalized spacial score (nSPS) is 9.11. The van der Waals surface area contributed by atoms with Gasteiger partial charge in [-0.2, -0.15) is 0 Å². The van der Waals surface area contributed by atoms with Crippen molar-refractivity contribution in [1.82, 2.24) is 5.43 Å². The molecule has 54 valence electrons. The lowest BCUT2D eigenvalue weighted by atomic mass is 10.3. The molecule has 3 N–H and O–H groups in total. The summed E-state index contributed by atoms with van der Waals surface area (Å²) in [5.74, 6) is 4.76. The average Bonchev–Trinajstić information content (AvgIpc) is 1.89. The first-order valence-corrected chi connectivity index (χ1v) is 2.81. The number of hydrogen-bond donors (Lipinski definition) is 2. The number of esters is 1. The van der Waals surface area contributed by atoms with E-state index in [4.69, 9.17) is 5.84 Å². The first-order valence-electron chi connectivity index (χ1n) is 2.81. The molecular formula is C5H12N2O2. The summed E-state index contributed by atoms with van der Waals surface area (Å²) in [6.07, 6.45) is 1.16. The highest BCUT2D eigenvalue weighted by Gasteiger charge is 1.96.